The molecule has 2 aromatic rings. The van der Waals surface area contributed by atoms with Gasteiger partial charge in [-0.2, -0.15) is 8.42 Å². The molecule has 16 heteroatoms. The number of methoxy groups -OCH3 is 1. The van der Waals surface area contributed by atoms with E-state index in [1.807, 2.05) is 0 Å². The molecule has 2 aliphatic rings. The van der Waals surface area contributed by atoms with Crippen molar-refractivity contribution in [1.29, 1.82) is 5.41 Å². The molecule has 0 fully saturated rings. The first-order chi connectivity index (χ1) is 20.4. The lowest BCUT2D eigenvalue weighted by molar-refractivity contribution is 0.0262. The summed E-state index contributed by atoms with van der Waals surface area (Å²) in [6.45, 7) is 1.07. The van der Waals surface area contributed by atoms with Gasteiger partial charge in [0.1, 0.15) is 4.90 Å². The normalized spacial score (nSPS) is 12.2. The molecule has 0 bridgehead atoms. The zero-order chi connectivity index (χ0) is 31.4. The second-order valence-corrected chi connectivity index (χ2v) is 12.2. The molecule has 6 N–H and O–H groups in total. The number of carboxylic acid groups (broad SMARTS) is 1. The standard InChI is InChI=1S/C27H29N3O11S2/c1-38-12-13-40-15-14-39-11-10-30-42(33,34)25-20(28)8-6-18-22(16-4-2-3-5-17(16)27(31)32)19-7-9-21(29)26(43(35,36)37)24(19)41-23(18)25/h2-9,29-30H,10-15,28H2,1H3,(H,31,32)(H,35,36,37). The lowest BCUT2D eigenvalue weighted by Gasteiger charge is -2.20. The van der Waals surface area contributed by atoms with Crippen LogP contribution in [0.2, 0.25) is 0 Å². The fourth-order valence-electron chi connectivity index (χ4n) is 4.48. The number of rotatable bonds is 14. The van der Waals surface area contributed by atoms with Gasteiger partial charge >= 0.3 is 5.97 Å². The topological polar surface area (TPSA) is 229 Å². The number of sulfonamides is 1. The monoisotopic (exact) mass is 635 g/mol. The van der Waals surface area contributed by atoms with E-state index in [0.717, 1.165) is 6.07 Å². The fourth-order valence-corrected chi connectivity index (χ4v) is 6.48. The lowest BCUT2D eigenvalue weighted by Crippen LogP contribution is -2.28. The summed E-state index contributed by atoms with van der Waals surface area (Å²) >= 11 is 0. The van der Waals surface area contributed by atoms with Crippen molar-refractivity contribution in [2.24, 2.45) is 0 Å². The zero-order valence-electron chi connectivity index (χ0n) is 22.8. The van der Waals surface area contributed by atoms with Gasteiger partial charge in [-0.3, -0.25) is 9.96 Å². The minimum Gasteiger partial charge on any atom is -0.478 e. The predicted octanol–water partition coefficient (Wildman–Crippen LogP) is 2.17. The van der Waals surface area contributed by atoms with E-state index < -0.39 is 52.6 Å². The molecule has 14 nitrogen and oxygen atoms in total. The van der Waals surface area contributed by atoms with Crippen molar-refractivity contribution in [3.05, 3.63) is 59.5 Å². The Labute approximate surface area is 246 Å². The van der Waals surface area contributed by atoms with E-state index in [2.05, 4.69) is 4.72 Å². The van der Waals surface area contributed by atoms with Crippen molar-refractivity contribution in [1.82, 2.24) is 4.72 Å². The van der Waals surface area contributed by atoms with E-state index in [1.165, 1.54) is 36.4 Å². The third kappa shape index (κ3) is 6.86. The van der Waals surface area contributed by atoms with Gasteiger partial charge in [-0.15, -0.1) is 0 Å². The second kappa shape index (κ2) is 13.2. The van der Waals surface area contributed by atoms with Gasteiger partial charge in [0.05, 0.1) is 49.6 Å². The number of ether oxygens (including phenoxy) is 3. The molecule has 0 radical (unpaired) electrons. The molecule has 0 saturated carbocycles. The highest BCUT2D eigenvalue weighted by atomic mass is 32.2. The van der Waals surface area contributed by atoms with E-state index in [-0.39, 0.29) is 59.7 Å². The average molecular weight is 636 g/mol. The highest BCUT2D eigenvalue weighted by molar-refractivity contribution is 7.90. The van der Waals surface area contributed by atoms with Crippen LogP contribution in [0.5, 0.6) is 0 Å². The van der Waals surface area contributed by atoms with Gasteiger partial charge < -0.3 is 29.5 Å². The first kappa shape index (κ1) is 32.0. The molecular formula is C27H29N3O11S2. The smallest absolute Gasteiger partial charge is 0.336 e. The molecule has 1 aliphatic heterocycles. The molecule has 0 saturated heterocycles. The van der Waals surface area contributed by atoms with Crippen LogP contribution in [0.3, 0.4) is 0 Å². The van der Waals surface area contributed by atoms with E-state index in [0.29, 0.717) is 13.2 Å². The van der Waals surface area contributed by atoms with Gasteiger partial charge in [0, 0.05) is 30.2 Å². The van der Waals surface area contributed by atoms with E-state index in [9.17, 15) is 31.3 Å². The molecule has 4 rings (SSSR count). The molecule has 0 unspecified atom stereocenters. The Morgan fingerprint density at radius 2 is 1.60 bits per heavy atom. The number of aromatic carboxylic acids is 1. The number of benzene rings is 3. The van der Waals surface area contributed by atoms with Crippen LogP contribution in [0.4, 0.5) is 5.69 Å². The van der Waals surface area contributed by atoms with Crippen LogP contribution in [-0.4, -0.2) is 79.2 Å². The van der Waals surface area contributed by atoms with Crippen LogP contribution in [0.15, 0.2) is 62.7 Å². The van der Waals surface area contributed by atoms with Crippen molar-refractivity contribution in [2.45, 2.75) is 9.79 Å². The van der Waals surface area contributed by atoms with Crippen LogP contribution >= 0.6 is 0 Å². The first-order valence-electron chi connectivity index (χ1n) is 12.7. The summed E-state index contributed by atoms with van der Waals surface area (Å²) < 4.78 is 85.6. The number of fused-ring (bicyclic) bond motifs is 2. The number of nitrogens with one attached hydrogen (secondary N) is 2. The van der Waals surface area contributed by atoms with E-state index >= 15 is 0 Å². The maximum absolute atomic E-state index is 13.5. The molecule has 0 atom stereocenters. The van der Waals surface area contributed by atoms with Gasteiger partial charge in [-0.05, 0) is 35.9 Å². The molecule has 0 aromatic heterocycles. The minimum atomic E-state index is -5.07. The summed E-state index contributed by atoms with van der Waals surface area (Å²) in [4.78, 5) is 10.7. The Morgan fingerprint density at radius 3 is 2.28 bits per heavy atom. The van der Waals surface area contributed by atoms with Gasteiger partial charge in [0.15, 0.2) is 16.2 Å². The fraction of sp³-hybridized carbons (Fsp3) is 0.259. The van der Waals surface area contributed by atoms with Gasteiger partial charge in [-0.25, -0.2) is 17.9 Å². The van der Waals surface area contributed by atoms with E-state index in [4.69, 9.17) is 29.8 Å². The Hall–Kier alpha value is -3.90. The number of hydrogen-bond donors (Lipinski definition) is 5. The van der Waals surface area contributed by atoms with Crippen LogP contribution in [0.25, 0.3) is 33.4 Å². The summed E-state index contributed by atoms with van der Waals surface area (Å²) in [5, 5.41) is 17.5. The van der Waals surface area contributed by atoms with Crippen LogP contribution in [0.1, 0.15) is 10.4 Å². The summed E-state index contributed by atoms with van der Waals surface area (Å²) in [5.41, 5.74) is 5.45. The first-order valence-corrected chi connectivity index (χ1v) is 15.6. The summed E-state index contributed by atoms with van der Waals surface area (Å²) in [6, 6.07) is 10.9. The third-order valence-electron chi connectivity index (χ3n) is 6.29. The van der Waals surface area contributed by atoms with Crippen LogP contribution in [0, 0.1) is 5.41 Å². The summed E-state index contributed by atoms with van der Waals surface area (Å²) in [6.07, 6.45) is 0. The van der Waals surface area contributed by atoms with Crippen LogP contribution in [-0.2, 0) is 34.4 Å². The number of nitrogen functional groups attached to an aromatic ring is 1. The number of carboxylic acids is 1. The molecule has 0 spiro atoms. The largest absolute Gasteiger partial charge is 0.478 e. The molecule has 1 aliphatic carbocycles. The number of carbonyl (C=O) groups is 1. The van der Waals surface area contributed by atoms with E-state index in [1.54, 1.807) is 13.2 Å². The Morgan fingerprint density at radius 1 is 0.930 bits per heavy atom. The summed E-state index contributed by atoms with van der Waals surface area (Å²) in [5.74, 6) is -1.87. The second-order valence-electron chi connectivity index (χ2n) is 9.10. The van der Waals surface area contributed by atoms with Gasteiger partial charge in [-0.1, -0.05) is 18.2 Å². The average Bonchev–Trinajstić information content (AvgIpc) is 2.94. The van der Waals surface area contributed by atoms with Crippen LogP contribution < -0.4 is 15.8 Å². The Bertz CT molecular complexity index is 1910. The quantitative estimate of drug-likeness (QED) is 0.0581. The predicted molar refractivity (Wildman–Crippen MR) is 154 cm³/mol. The van der Waals surface area contributed by atoms with Crippen molar-refractivity contribution in [3.63, 3.8) is 0 Å². The number of anilines is 1. The summed E-state index contributed by atoms with van der Waals surface area (Å²) in [7, 11) is -7.98. The number of nitrogens with two attached hydrogens (primary N) is 1. The Kier molecular flexibility index (Phi) is 9.81. The molecule has 2 aromatic carbocycles. The molecule has 0 amide bonds. The molecular weight excluding hydrogens is 606 g/mol. The third-order valence-corrected chi connectivity index (χ3v) is 8.76. The Balaban J connectivity index is 1.89. The molecule has 1 heterocycles. The van der Waals surface area contributed by atoms with Crippen molar-refractivity contribution in [3.8, 4) is 22.5 Å². The van der Waals surface area contributed by atoms with Crippen molar-refractivity contribution in [2.75, 3.05) is 52.4 Å². The van der Waals surface area contributed by atoms with Crippen molar-refractivity contribution < 1.29 is 49.9 Å². The maximum atomic E-state index is 13.5. The molecule has 230 valence electrons. The van der Waals surface area contributed by atoms with Gasteiger partial charge in [0.25, 0.3) is 10.1 Å². The highest BCUT2D eigenvalue weighted by Gasteiger charge is 2.32. The van der Waals surface area contributed by atoms with Gasteiger partial charge in [0.2, 0.25) is 10.0 Å². The number of hydrogen-bond acceptors (Lipinski definition) is 11. The SMILES string of the molecule is COCCOCCOCCNS(=O)(=O)c1c(N)ccc2c(-c3ccccc3C(=O)O)c3ccc(=N)c(S(=O)(=O)O)c-3oc12. The molecule has 43 heavy (non-hydrogen) atoms. The zero-order valence-corrected chi connectivity index (χ0v) is 24.5. The van der Waals surface area contributed by atoms with Crippen molar-refractivity contribution >= 4 is 42.8 Å². The minimum absolute atomic E-state index is 0.00650. The maximum Gasteiger partial charge on any atom is 0.336 e. The lowest BCUT2D eigenvalue weighted by atomic mass is 9.90. The highest BCUT2D eigenvalue weighted by Crippen LogP contribution is 2.45.